The molecule has 0 unspecified atom stereocenters. The number of aromatic nitrogens is 2. The fraction of sp³-hybridized carbons (Fsp3) is 0.400. The fourth-order valence-electron chi connectivity index (χ4n) is 2.39. The number of rotatable bonds is 3. The molecule has 110 valence electrons. The summed E-state index contributed by atoms with van der Waals surface area (Å²) in [6.07, 6.45) is 3.39. The Morgan fingerprint density at radius 2 is 2.19 bits per heavy atom. The van der Waals surface area contributed by atoms with Crippen LogP contribution in [0.3, 0.4) is 0 Å². The third-order valence-electron chi connectivity index (χ3n) is 3.50. The molecule has 1 aliphatic rings. The van der Waals surface area contributed by atoms with E-state index in [9.17, 15) is 4.79 Å². The van der Waals surface area contributed by atoms with Crippen LogP contribution in [-0.2, 0) is 0 Å². The Bertz CT molecular complexity index is 604. The molecule has 0 saturated carbocycles. The van der Waals surface area contributed by atoms with Crippen LogP contribution in [0, 0.1) is 6.92 Å². The number of ether oxygens (including phenoxy) is 1. The lowest BCUT2D eigenvalue weighted by Crippen LogP contribution is -2.42. The zero-order valence-corrected chi connectivity index (χ0v) is 11.9. The van der Waals surface area contributed by atoms with Crippen LogP contribution in [0.1, 0.15) is 29.1 Å². The van der Waals surface area contributed by atoms with Gasteiger partial charge in [-0.05, 0) is 13.0 Å². The van der Waals surface area contributed by atoms with Gasteiger partial charge < -0.3 is 14.2 Å². The van der Waals surface area contributed by atoms with Gasteiger partial charge in [-0.25, -0.2) is 4.98 Å². The first-order chi connectivity index (χ1) is 10.2. The van der Waals surface area contributed by atoms with Crippen LogP contribution in [-0.4, -0.2) is 40.1 Å². The van der Waals surface area contributed by atoms with Crippen LogP contribution in [0.25, 0.3) is 0 Å². The van der Waals surface area contributed by atoms with Crippen molar-refractivity contribution in [3.8, 4) is 5.88 Å². The van der Waals surface area contributed by atoms with Gasteiger partial charge in [0.2, 0.25) is 5.88 Å². The Morgan fingerprint density at radius 1 is 1.38 bits per heavy atom. The molecule has 0 radical (unpaired) electrons. The Balaban J connectivity index is 1.54. The molecule has 3 heterocycles. The maximum atomic E-state index is 12.2. The van der Waals surface area contributed by atoms with Crippen LogP contribution < -0.4 is 4.74 Å². The smallest absolute Gasteiger partial charge is 0.276 e. The molecule has 1 fully saturated rings. The minimum absolute atomic E-state index is 0.0804. The van der Waals surface area contributed by atoms with Gasteiger partial charge in [-0.2, -0.15) is 0 Å². The molecule has 2 aromatic rings. The second kappa shape index (κ2) is 5.95. The molecule has 6 heteroatoms. The minimum Gasteiger partial charge on any atom is -0.474 e. The molecule has 2 aromatic heterocycles. The van der Waals surface area contributed by atoms with Crippen molar-refractivity contribution in [2.45, 2.75) is 25.9 Å². The molecule has 0 spiro atoms. The minimum atomic E-state index is -0.0804. The molecular formula is C15H17N3O3. The molecule has 1 aliphatic heterocycles. The number of piperidine rings is 1. The molecule has 0 aliphatic carbocycles. The summed E-state index contributed by atoms with van der Waals surface area (Å²) in [5, 5.41) is 3.77. The molecule has 0 atom stereocenters. The van der Waals surface area contributed by atoms with E-state index in [1.165, 1.54) is 0 Å². The molecule has 21 heavy (non-hydrogen) atoms. The monoisotopic (exact) mass is 287 g/mol. The normalized spacial score (nSPS) is 16.0. The van der Waals surface area contributed by atoms with E-state index in [1.807, 2.05) is 18.2 Å². The van der Waals surface area contributed by atoms with Gasteiger partial charge in [0, 0.05) is 44.3 Å². The summed E-state index contributed by atoms with van der Waals surface area (Å²) in [6, 6.07) is 7.26. The molecule has 0 bridgehead atoms. The summed E-state index contributed by atoms with van der Waals surface area (Å²) in [6.45, 7) is 3.08. The highest BCUT2D eigenvalue weighted by Gasteiger charge is 2.26. The Kier molecular flexibility index (Phi) is 3.85. The number of nitrogens with zero attached hydrogens (tertiary/aromatic N) is 3. The van der Waals surface area contributed by atoms with Crippen LogP contribution in [0.5, 0.6) is 5.88 Å². The van der Waals surface area contributed by atoms with Crippen molar-refractivity contribution in [1.82, 2.24) is 15.0 Å². The summed E-state index contributed by atoms with van der Waals surface area (Å²) >= 11 is 0. The number of hydrogen-bond acceptors (Lipinski definition) is 5. The number of aryl methyl sites for hydroxylation is 1. The highest BCUT2D eigenvalue weighted by molar-refractivity contribution is 5.92. The van der Waals surface area contributed by atoms with Crippen molar-refractivity contribution in [2.24, 2.45) is 0 Å². The van der Waals surface area contributed by atoms with Crippen molar-refractivity contribution in [1.29, 1.82) is 0 Å². The molecule has 6 nitrogen and oxygen atoms in total. The van der Waals surface area contributed by atoms with E-state index >= 15 is 0 Å². The Hall–Kier alpha value is -2.37. The van der Waals surface area contributed by atoms with E-state index in [-0.39, 0.29) is 12.0 Å². The van der Waals surface area contributed by atoms with Gasteiger partial charge in [0.05, 0.1) is 0 Å². The van der Waals surface area contributed by atoms with Gasteiger partial charge in [-0.15, -0.1) is 0 Å². The average Bonchev–Trinajstić information content (AvgIpc) is 2.95. The Labute approximate surface area is 122 Å². The zero-order valence-electron chi connectivity index (χ0n) is 11.9. The van der Waals surface area contributed by atoms with E-state index in [0.717, 1.165) is 12.8 Å². The first-order valence-corrected chi connectivity index (χ1v) is 7.02. The molecule has 1 amide bonds. The number of likely N-dealkylation sites (tertiary alicyclic amines) is 1. The van der Waals surface area contributed by atoms with Crippen molar-refractivity contribution in [3.63, 3.8) is 0 Å². The molecule has 1 saturated heterocycles. The average molecular weight is 287 g/mol. The standard InChI is InChI=1S/C15H17N3O3/c1-11-10-13(17-21-11)15(19)18-8-5-12(6-9-18)20-14-4-2-3-7-16-14/h2-4,7,10,12H,5-6,8-9H2,1H3. The molecule has 0 aromatic carbocycles. The second-order valence-electron chi connectivity index (χ2n) is 5.10. The van der Waals surface area contributed by atoms with Crippen molar-refractivity contribution < 1.29 is 14.1 Å². The summed E-state index contributed by atoms with van der Waals surface area (Å²) in [4.78, 5) is 18.2. The topological polar surface area (TPSA) is 68.5 Å². The van der Waals surface area contributed by atoms with Gasteiger partial charge in [-0.1, -0.05) is 11.2 Å². The number of carbonyl (C=O) groups excluding carboxylic acids is 1. The predicted octanol–water partition coefficient (Wildman–Crippen LogP) is 2.06. The number of hydrogen-bond donors (Lipinski definition) is 0. The van der Waals surface area contributed by atoms with Gasteiger partial charge in [0.15, 0.2) is 5.69 Å². The number of pyridine rings is 1. The summed E-state index contributed by atoms with van der Waals surface area (Å²) in [5.74, 6) is 1.20. The fourth-order valence-corrected chi connectivity index (χ4v) is 2.39. The summed E-state index contributed by atoms with van der Waals surface area (Å²) in [7, 11) is 0. The highest BCUT2D eigenvalue weighted by Crippen LogP contribution is 2.18. The maximum absolute atomic E-state index is 12.2. The van der Waals surface area contributed by atoms with Crippen molar-refractivity contribution >= 4 is 5.91 Å². The summed E-state index contributed by atoms with van der Waals surface area (Å²) < 4.78 is 10.8. The van der Waals surface area contributed by atoms with E-state index in [0.29, 0.717) is 30.4 Å². The van der Waals surface area contributed by atoms with Crippen LogP contribution in [0.15, 0.2) is 35.0 Å². The second-order valence-corrected chi connectivity index (χ2v) is 5.10. The van der Waals surface area contributed by atoms with Crippen LogP contribution >= 0.6 is 0 Å². The van der Waals surface area contributed by atoms with Crippen LogP contribution in [0.4, 0.5) is 0 Å². The van der Waals surface area contributed by atoms with Crippen molar-refractivity contribution in [3.05, 3.63) is 41.9 Å². The summed E-state index contributed by atoms with van der Waals surface area (Å²) in [5.41, 5.74) is 0.372. The van der Waals surface area contributed by atoms with Gasteiger partial charge in [0.1, 0.15) is 11.9 Å². The quantitative estimate of drug-likeness (QED) is 0.864. The first-order valence-electron chi connectivity index (χ1n) is 7.02. The van der Waals surface area contributed by atoms with Crippen LogP contribution in [0.2, 0.25) is 0 Å². The maximum Gasteiger partial charge on any atom is 0.276 e. The van der Waals surface area contributed by atoms with Gasteiger partial charge in [0.25, 0.3) is 5.91 Å². The number of carbonyl (C=O) groups is 1. The lowest BCUT2D eigenvalue weighted by Gasteiger charge is -2.31. The van der Waals surface area contributed by atoms with Crippen molar-refractivity contribution in [2.75, 3.05) is 13.1 Å². The van der Waals surface area contributed by atoms with Gasteiger partial charge in [-0.3, -0.25) is 4.79 Å². The predicted molar refractivity (Wildman–Crippen MR) is 75.0 cm³/mol. The molecular weight excluding hydrogens is 270 g/mol. The van der Waals surface area contributed by atoms with E-state index in [1.54, 1.807) is 24.1 Å². The SMILES string of the molecule is Cc1cc(C(=O)N2CCC(Oc3ccccn3)CC2)no1. The largest absolute Gasteiger partial charge is 0.474 e. The van der Waals surface area contributed by atoms with E-state index < -0.39 is 0 Å². The first kappa shape index (κ1) is 13.6. The van der Waals surface area contributed by atoms with E-state index in [4.69, 9.17) is 9.26 Å². The highest BCUT2D eigenvalue weighted by atomic mass is 16.5. The third kappa shape index (κ3) is 3.21. The van der Waals surface area contributed by atoms with Gasteiger partial charge >= 0.3 is 0 Å². The third-order valence-corrected chi connectivity index (χ3v) is 3.50. The number of amides is 1. The zero-order chi connectivity index (χ0) is 14.7. The van der Waals surface area contributed by atoms with E-state index in [2.05, 4.69) is 10.1 Å². The lowest BCUT2D eigenvalue weighted by molar-refractivity contribution is 0.0578. The lowest BCUT2D eigenvalue weighted by atomic mass is 10.1. The Morgan fingerprint density at radius 3 is 2.81 bits per heavy atom. The molecule has 0 N–H and O–H groups in total. The molecule has 3 rings (SSSR count).